The summed E-state index contributed by atoms with van der Waals surface area (Å²) in [5, 5.41) is 2.05. The van der Waals surface area contributed by atoms with Gasteiger partial charge in [-0.25, -0.2) is 4.98 Å². The number of aromatic nitrogens is 1. The van der Waals surface area contributed by atoms with Crippen molar-refractivity contribution in [3.63, 3.8) is 0 Å². The smallest absolute Gasteiger partial charge is 0.254 e. The molecule has 0 saturated carbocycles. The molecular weight excluding hydrogens is 393 g/mol. The van der Waals surface area contributed by atoms with Crippen LogP contribution in [-0.2, 0) is 0 Å². The SMILES string of the molecule is Cc1cc(N2CCN(C(=O)c3ccc(Cl)c(Cl)c3)CC2)nc2c(C)cccc12. The Morgan fingerprint density at radius 1 is 0.929 bits per heavy atom. The molecule has 28 heavy (non-hydrogen) atoms. The van der Waals surface area contributed by atoms with Gasteiger partial charge in [0, 0.05) is 37.1 Å². The molecule has 0 bridgehead atoms. The molecule has 4 rings (SSSR count). The van der Waals surface area contributed by atoms with E-state index in [1.165, 1.54) is 16.5 Å². The Kier molecular flexibility index (Phi) is 5.17. The minimum absolute atomic E-state index is 0.0169. The van der Waals surface area contributed by atoms with E-state index in [1.54, 1.807) is 18.2 Å². The van der Waals surface area contributed by atoms with Crippen LogP contribution < -0.4 is 4.90 Å². The van der Waals surface area contributed by atoms with E-state index < -0.39 is 0 Å². The Labute approximate surface area is 174 Å². The Hall–Kier alpha value is -2.30. The first-order chi connectivity index (χ1) is 13.4. The van der Waals surface area contributed by atoms with Crippen LogP contribution in [0.2, 0.25) is 10.0 Å². The Balaban J connectivity index is 1.51. The number of hydrogen-bond acceptors (Lipinski definition) is 3. The second-order valence-electron chi connectivity index (χ2n) is 7.18. The molecule has 1 amide bonds. The fraction of sp³-hybridized carbons (Fsp3) is 0.273. The standard InChI is InChI=1S/C22H21Cl2N3O/c1-14-4-3-5-17-15(2)12-20(25-21(14)17)26-8-10-27(11-9-26)22(28)16-6-7-18(23)19(24)13-16/h3-7,12-13H,8-11H2,1-2H3. The van der Waals surface area contributed by atoms with E-state index in [2.05, 4.69) is 43.0 Å². The van der Waals surface area contributed by atoms with Gasteiger partial charge >= 0.3 is 0 Å². The predicted molar refractivity (Wildman–Crippen MR) is 116 cm³/mol. The summed E-state index contributed by atoms with van der Waals surface area (Å²) < 4.78 is 0. The molecule has 1 aromatic heterocycles. The van der Waals surface area contributed by atoms with E-state index in [9.17, 15) is 4.79 Å². The van der Waals surface area contributed by atoms with Gasteiger partial charge in [-0.1, -0.05) is 41.4 Å². The molecule has 1 fully saturated rings. The number of anilines is 1. The number of nitrogens with zero attached hydrogens (tertiary/aromatic N) is 3. The van der Waals surface area contributed by atoms with Crippen molar-refractivity contribution >= 4 is 45.8 Å². The largest absolute Gasteiger partial charge is 0.353 e. The van der Waals surface area contributed by atoms with Crippen LogP contribution in [-0.4, -0.2) is 42.0 Å². The zero-order chi connectivity index (χ0) is 19.8. The molecule has 4 nitrogen and oxygen atoms in total. The van der Waals surface area contributed by atoms with Crippen molar-refractivity contribution in [2.45, 2.75) is 13.8 Å². The zero-order valence-corrected chi connectivity index (χ0v) is 17.4. The first-order valence-corrected chi connectivity index (χ1v) is 10.1. The molecule has 0 radical (unpaired) electrons. The second kappa shape index (κ2) is 7.61. The van der Waals surface area contributed by atoms with E-state index in [0.717, 1.165) is 24.4 Å². The maximum absolute atomic E-state index is 12.8. The normalized spacial score (nSPS) is 14.6. The van der Waals surface area contributed by atoms with E-state index in [1.807, 2.05) is 4.90 Å². The number of carbonyl (C=O) groups is 1. The fourth-order valence-electron chi connectivity index (χ4n) is 3.66. The summed E-state index contributed by atoms with van der Waals surface area (Å²) >= 11 is 12.0. The van der Waals surface area contributed by atoms with Gasteiger partial charge in [-0.15, -0.1) is 0 Å². The molecule has 0 atom stereocenters. The van der Waals surface area contributed by atoms with Crippen LogP contribution >= 0.6 is 23.2 Å². The molecule has 0 aliphatic carbocycles. The summed E-state index contributed by atoms with van der Waals surface area (Å²) in [6.45, 7) is 6.99. The van der Waals surface area contributed by atoms with Crippen molar-refractivity contribution in [2.24, 2.45) is 0 Å². The third-order valence-corrected chi connectivity index (χ3v) is 6.03. The first kappa shape index (κ1) is 19.0. The van der Waals surface area contributed by atoms with Crippen LogP contribution in [0, 0.1) is 13.8 Å². The number of carbonyl (C=O) groups excluding carboxylic acids is 1. The highest BCUT2D eigenvalue weighted by atomic mass is 35.5. The maximum atomic E-state index is 12.8. The van der Waals surface area contributed by atoms with Gasteiger partial charge in [-0.3, -0.25) is 4.79 Å². The number of rotatable bonds is 2. The van der Waals surface area contributed by atoms with Gasteiger partial charge in [0.25, 0.3) is 5.91 Å². The highest BCUT2D eigenvalue weighted by Crippen LogP contribution is 2.26. The van der Waals surface area contributed by atoms with Crippen molar-refractivity contribution in [3.8, 4) is 0 Å². The average molecular weight is 414 g/mol. The van der Waals surface area contributed by atoms with E-state index in [4.69, 9.17) is 28.2 Å². The van der Waals surface area contributed by atoms with Gasteiger partial charge in [-0.05, 0) is 49.2 Å². The number of aryl methyl sites for hydroxylation is 2. The third-order valence-electron chi connectivity index (χ3n) is 5.29. The Bertz CT molecular complexity index is 1060. The molecule has 2 heterocycles. The lowest BCUT2D eigenvalue weighted by Crippen LogP contribution is -2.49. The quantitative estimate of drug-likeness (QED) is 0.584. The number of amides is 1. The third kappa shape index (κ3) is 3.54. The molecule has 0 unspecified atom stereocenters. The summed E-state index contributed by atoms with van der Waals surface area (Å²) in [5.41, 5.74) is 4.01. The number of benzene rings is 2. The maximum Gasteiger partial charge on any atom is 0.254 e. The molecule has 2 aromatic carbocycles. The van der Waals surface area contributed by atoms with Gasteiger partial charge in [0.1, 0.15) is 5.82 Å². The number of fused-ring (bicyclic) bond motifs is 1. The lowest BCUT2D eigenvalue weighted by Gasteiger charge is -2.35. The minimum atomic E-state index is -0.0169. The Morgan fingerprint density at radius 3 is 2.39 bits per heavy atom. The van der Waals surface area contributed by atoms with Crippen LogP contribution in [0.4, 0.5) is 5.82 Å². The molecule has 3 aromatic rings. The van der Waals surface area contributed by atoms with Crippen LogP contribution in [0.15, 0.2) is 42.5 Å². The zero-order valence-electron chi connectivity index (χ0n) is 15.9. The summed E-state index contributed by atoms with van der Waals surface area (Å²) in [5.74, 6) is 0.956. The molecule has 0 N–H and O–H groups in total. The molecule has 0 spiro atoms. The summed E-state index contributed by atoms with van der Waals surface area (Å²) in [6.07, 6.45) is 0. The van der Waals surface area contributed by atoms with E-state index in [0.29, 0.717) is 28.7 Å². The van der Waals surface area contributed by atoms with Crippen LogP contribution in [0.25, 0.3) is 10.9 Å². The van der Waals surface area contributed by atoms with Crippen molar-refractivity contribution in [3.05, 3.63) is 69.2 Å². The molecule has 6 heteroatoms. The second-order valence-corrected chi connectivity index (χ2v) is 7.99. The predicted octanol–water partition coefficient (Wildman–Crippen LogP) is 5.12. The monoisotopic (exact) mass is 413 g/mol. The topological polar surface area (TPSA) is 36.4 Å². The summed E-state index contributed by atoms with van der Waals surface area (Å²) in [4.78, 5) is 21.8. The molecule has 1 aliphatic rings. The molecule has 144 valence electrons. The first-order valence-electron chi connectivity index (χ1n) is 9.30. The summed E-state index contributed by atoms with van der Waals surface area (Å²) in [6, 6.07) is 13.4. The van der Waals surface area contributed by atoms with Crippen LogP contribution in [0.5, 0.6) is 0 Å². The lowest BCUT2D eigenvalue weighted by atomic mass is 10.1. The van der Waals surface area contributed by atoms with Crippen LogP contribution in [0.3, 0.4) is 0 Å². The molecule has 1 aliphatic heterocycles. The highest BCUT2D eigenvalue weighted by Gasteiger charge is 2.23. The van der Waals surface area contributed by atoms with Crippen molar-refractivity contribution in [1.29, 1.82) is 0 Å². The van der Waals surface area contributed by atoms with Crippen molar-refractivity contribution in [2.75, 3.05) is 31.1 Å². The van der Waals surface area contributed by atoms with Gasteiger partial charge in [0.2, 0.25) is 0 Å². The van der Waals surface area contributed by atoms with Gasteiger partial charge < -0.3 is 9.80 Å². The van der Waals surface area contributed by atoms with E-state index in [-0.39, 0.29) is 5.91 Å². The van der Waals surface area contributed by atoms with Crippen LogP contribution in [0.1, 0.15) is 21.5 Å². The Morgan fingerprint density at radius 2 is 1.68 bits per heavy atom. The minimum Gasteiger partial charge on any atom is -0.353 e. The number of hydrogen-bond donors (Lipinski definition) is 0. The summed E-state index contributed by atoms with van der Waals surface area (Å²) in [7, 11) is 0. The van der Waals surface area contributed by atoms with Crippen molar-refractivity contribution in [1.82, 2.24) is 9.88 Å². The van der Waals surface area contributed by atoms with E-state index >= 15 is 0 Å². The van der Waals surface area contributed by atoms with Crippen molar-refractivity contribution < 1.29 is 4.79 Å². The highest BCUT2D eigenvalue weighted by molar-refractivity contribution is 6.42. The van der Waals surface area contributed by atoms with Gasteiger partial charge in [0.05, 0.1) is 15.6 Å². The number of halogens is 2. The average Bonchev–Trinajstić information content (AvgIpc) is 2.70. The number of pyridine rings is 1. The van der Waals surface area contributed by atoms with Gasteiger partial charge in [-0.2, -0.15) is 0 Å². The number of para-hydroxylation sites is 1. The number of piperazine rings is 1. The molecule has 1 saturated heterocycles. The molecular formula is C22H21Cl2N3O. The van der Waals surface area contributed by atoms with Gasteiger partial charge in [0.15, 0.2) is 0 Å². The fourth-order valence-corrected chi connectivity index (χ4v) is 3.95. The lowest BCUT2D eigenvalue weighted by molar-refractivity contribution is 0.0746.